The Kier molecular flexibility index (Phi) is 8.76. The van der Waals surface area contributed by atoms with Gasteiger partial charge in [-0.1, -0.05) is 71.7 Å². The minimum atomic E-state index is -0.878. The van der Waals surface area contributed by atoms with Gasteiger partial charge in [-0.15, -0.1) is 0 Å². The molecule has 0 aliphatic carbocycles. The number of ether oxygens (including phenoxy) is 3. The molecule has 4 aromatic rings. The van der Waals surface area contributed by atoms with Gasteiger partial charge in [0.25, 0.3) is 11.8 Å². The Labute approximate surface area is 252 Å². The van der Waals surface area contributed by atoms with E-state index in [4.69, 9.17) is 37.4 Å². The topological polar surface area (TPSA) is 94.2 Å². The molecular formula is C32H24Cl2N2O6. The largest absolute Gasteiger partial charge is 0.493 e. The normalized spacial score (nSPS) is 14.1. The lowest BCUT2D eigenvalue weighted by Gasteiger charge is -2.26. The van der Waals surface area contributed by atoms with Crippen LogP contribution < -0.4 is 24.4 Å². The standard InChI is InChI=1S/C32H24Cl2N2O6/c1-40-29-16-22(9-14-28(29)42-18-21-5-3-2-4-6-21)19-41-24-11-7-20(8-12-24)15-25-30(37)35-32(39)36(31(25)38)23-10-13-26(33)27(34)17-23/h2-17H,18-19H2,1H3,(H,35,37,39)/b25-15-. The summed E-state index contributed by atoms with van der Waals surface area (Å²) < 4.78 is 17.3. The highest BCUT2D eigenvalue weighted by Crippen LogP contribution is 2.31. The van der Waals surface area contributed by atoms with Crippen LogP contribution in [0.1, 0.15) is 16.7 Å². The number of hydrogen-bond donors (Lipinski definition) is 1. The van der Waals surface area contributed by atoms with Gasteiger partial charge in [0.2, 0.25) is 0 Å². The maximum atomic E-state index is 13.1. The lowest BCUT2D eigenvalue weighted by molar-refractivity contribution is -0.122. The molecule has 1 saturated heterocycles. The van der Waals surface area contributed by atoms with Crippen molar-refractivity contribution in [2.45, 2.75) is 13.2 Å². The number of barbiturate groups is 1. The zero-order valence-electron chi connectivity index (χ0n) is 22.3. The number of nitrogens with zero attached hydrogens (tertiary/aromatic N) is 1. The zero-order valence-corrected chi connectivity index (χ0v) is 23.8. The first-order valence-electron chi connectivity index (χ1n) is 12.8. The SMILES string of the molecule is COc1cc(COc2ccc(/C=C3/C(=O)NC(=O)N(c4ccc(Cl)c(Cl)c4)C3=O)cc2)ccc1OCc1ccccc1. The van der Waals surface area contributed by atoms with Gasteiger partial charge in [0, 0.05) is 0 Å². The monoisotopic (exact) mass is 602 g/mol. The van der Waals surface area contributed by atoms with Crippen molar-refractivity contribution in [2.24, 2.45) is 0 Å². The molecule has 0 atom stereocenters. The van der Waals surface area contributed by atoms with E-state index in [0.29, 0.717) is 29.4 Å². The summed E-state index contributed by atoms with van der Waals surface area (Å²) in [6, 6.07) is 25.7. The molecule has 1 fully saturated rings. The fraction of sp³-hybridized carbons (Fsp3) is 0.0938. The zero-order chi connectivity index (χ0) is 29.6. The quantitative estimate of drug-likeness (QED) is 0.167. The first kappa shape index (κ1) is 28.7. The second kappa shape index (κ2) is 12.8. The van der Waals surface area contributed by atoms with Crippen LogP contribution in [0.4, 0.5) is 10.5 Å². The summed E-state index contributed by atoms with van der Waals surface area (Å²) >= 11 is 12.0. The molecule has 1 aliphatic heterocycles. The van der Waals surface area contributed by atoms with E-state index in [1.807, 2.05) is 48.5 Å². The number of imide groups is 2. The Hall–Kier alpha value is -4.79. The molecule has 0 radical (unpaired) electrons. The molecule has 0 unspecified atom stereocenters. The molecule has 8 nitrogen and oxygen atoms in total. The van der Waals surface area contributed by atoms with E-state index in [1.54, 1.807) is 31.4 Å². The maximum absolute atomic E-state index is 13.1. The number of nitrogens with one attached hydrogen (secondary N) is 1. The molecule has 5 rings (SSSR count). The van der Waals surface area contributed by atoms with Crippen molar-refractivity contribution < 1.29 is 28.6 Å². The summed E-state index contributed by atoms with van der Waals surface area (Å²) in [6.07, 6.45) is 1.40. The highest BCUT2D eigenvalue weighted by molar-refractivity contribution is 6.43. The number of hydrogen-bond acceptors (Lipinski definition) is 6. The molecule has 1 heterocycles. The maximum Gasteiger partial charge on any atom is 0.335 e. The van der Waals surface area contributed by atoms with Gasteiger partial charge in [-0.3, -0.25) is 14.9 Å². The van der Waals surface area contributed by atoms with Gasteiger partial charge >= 0.3 is 6.03 Å². The third-order valence-electron chi connectivity index (χ3n) is 6.32. The summed E-state index contributed by atoms with van der Waals surface area (Å²) in [4.78, 5) is 38.9. The van der Waals surface area contributed by atoms with Gasteiger partial charge in [-0.25, -0.2) is 9.69 Å². The van der Waals surface area contributed by atoms with Crippen LogP contribution in [-0.2, 0) is 22.8 Å². The van der Waals surface area contributed by atoms with Crippen molar-refractivity contribution in [2.75, 3.05) is 12.0 Å². The predicted octanol–water partition coefficient (Wildman–Crippen LogP) is 6.83. The molecule has 0 bridgehead atoms. The average molecular weight is 603 g/mol. The number of urea groups is 1. The van der Waals surface area contributed by atoms with Crippen molar-refractivity contribution in [3.8, 4) is 17.2 Å². The minimum Gasteiger partial charge on any atom is -0.493 e. The van der Waals surface area contributed by atoms with E-state index in [-0.39, 0.29) is 27.9 Å². The second-order valence-electron chi connectivity index (χ2n) is 9.17. The van der Waals surface area contributed by atoms with Gasteiger partial charge in [0.15, 0.2) is 11.5 Å². The summed E-state index contributed by atoms with van der Waals surface area (Å²) in [6.45, 7) is 0.698. The number of amides is 4. The third kappa shape index (κ3) is 6.57. The molecule has 1 N–H and O–H groups in total. The Morgan fingerprint density at radius 1 is 0.762 bits per heavy atom. The Morgan fingerprint density at radius 2 is 1.50 bits per heavy atom. The second-order valence-corrected chi connectivity index (χ2v) is 9.99. The third-order valence-corrected chi connectivity index (χ3v) is 7.06. The van der Waals surface area contributed by atoms with Crippen LogP contribution in [0.3, 0.4) is 0 Å². The summed E-state index contributed by atoms with van der Waals surface area (Å²) in [5, 5.41) is 2.61. The van der Waals surface area contributed by atoms with Crippen LogP contribution in [0.2, 0.25) is 10.0 Å². The van der Waals surface area contributed by atoms with Crippen LogP contribution in [-0.4, -0.2) is 25.0 Å². The van der Waals surface area contributed by atoms with Crippen LogP contribution in [0.5, 0.6) is 17.2 Å². The highest BCUT2D eigenvalue weighted by Gasteiger charge is 2.37. The van der Waals surface area contributed by atoms with E-state index < -0.39 is 17.8 Å². The molecule has 0 saturated carbocycles. The fourth-order valence-electron chi connectivity index (χ4n) is 4.17. The minimum absolute atomic E-state index is 0.165. The van der Waals surface area contributed by atoms with Gasteiger partial charge in [0.1, 0.15) is 24.5 Å². The molecular weight excluding hydrogens is 579 g/mol. The highest BCUT2D eigenvalue weighted by atomic mass is 35.5. The van der Waals surface area contributed by atoms with Gasteiger partial charge in [0.05, 0.1) is 22.8 Å². The average Bonchev–Trinajstić information content (AvgIpc) is 3.00. The molecule has 4 aromatic carbocycles. The summed E-state index contributed by atoms with van der Waals surface area (Å²) in [5.74, 6) is 0.216. The molecule has 10 heteroatoms. The van der Waals surface area contributed by atoms with Crippen molar-refractivity contribution in [3.05, 3.63) is 123 Å². The molecule has 212 valence electrons. The van der Waals surface area contributed by atoms with Gasteiger partial charge < -0.3 is 14.2 Å². The fourth-order valence-corrected chi connectivity index (χ4v) is 4.46. The van der Waals surface area contributed by atoms with Gasteiger partial charge in [-0.2, -0.15) is 0 Å². The van der Waals surface area contributed by atoms with E-state index >= 15 is 0 Å². The van der Waals surface area contributed by atoms with E-state index in [0.717, 1.165) is 16.0 Å². The van der Waals surface area contributed by atoms with Crippen LogP contribution in [0, 0.1) is 0 Å². The number of benzene rings is 4. The lowest BCUT2D eigenvalue weighted by atomic mass is 10.1. The number of anilines is 1. The van der Waals surface area contributed by atoms with Gasteiger partial charge in [-0.05, 0) is 65.2 Å². The number of carbonyl (C=O) groups excluding carboxylic acids is 3. The van der Waals surface area contributed by atoms with E-state index in [9.17, 15) is 14.4 Å². The first-order valence-corrected chi connectivity index (χ1v) is 13.5. The Morgan fingerprint density at radius 3 is 2.21 bits per heavy atom. The van der Waals surface area contributed by atoms with Crippen molar-refractivity contribution >= 4 is 52.8 Å². The Balaban J connectivity index is 1.24. The molecule has 1 aliphatic rings. The number of carbonyl (C=O) groups is 3. The Bertz CT molecular complexity index is 1670. The molecule has 0 aromatic heterocycles. The number of rotatable bonds is 9. The van der Waals surface area contributed by atoms with Crippen LogP contribution in [0.25, 0.3) is 6.08 Å². The number of methoxy groups -OCH3 is 1. The van der Waals surface area contributed by atoms with E-state index in [1.165, 1.54) is 24.3 Å². The molecule has 0 spiro atoms. The summed E-state index contributed by atoms with van der Waals surface area (Å²) in [5.41, 5.74) is 2.46. The van der Waals surface area contributed by atoms with Crippen molar-refractivity contribution in [1.82, 2.24) is 5.32 Å². The van der Waals surface area contributed by atoms with Crippen molar-refractivity contribution in [3.63, 3.8) is 0 Å². The number of halogens is 2. The lowest BCUT2D eigenvalue weighted by Crippen LogP contribution is -2.54. The van der Waals surface area contributed by atoms with Crippen molar-refractivity contribution in [1.29, 1.82) is 0 Å². The van der Waals surface area contributed by atoms with Crippen LogP contribution >= 0.6 is 23.2 Å². The summed E-state index contributed by atoms with van der Waals surface area (Å²) in [7, 11) is 1.58. The predicted molar refractivity (Wildman–Crippen MR) is 160 cm³/mol. The molecule has 4 amide bonds. The molecule has 42 heavy (non-hydrogen) atoms. The smallest absolute Gasteiger partial charge is 0.335 e. The van der Waals surface area contributed by atoms with Crippen LogP contribution in [0.15, 0.2) is 96.6 Å². The first-order chi connectivity index (χ1) is 20.3. The van der Waals surface area contributed by atoms with E-state index in [2.05, 4.69) is 5.32 Å².